The lowest BCUT2D eigenvalue weighted by molar-refractivity contribution is 0.332. The van der Waals surface area contributed by atoms with Crippen molar-refractivity contribution in [3.63, 3.8) is 0 Å². The molecule has 2 atom stereocenters. The molecule has 10 rings (SSSR count). The summed E-state index contributed by atoms with van der Waals surface area (Å²) in [5.74, 6) is 0.290. The molecule has 4 heteroatoms. The Morgan fingerprint density at radius 3 is 1.92 bits per heavy atom. The zero-order chi connectivity index (χ0) is 41.9. The van der Waals surface area contributed by atoms with Crippen LogP contribution in [0.3, 0.4) is 0 Å². The first-order valence-corrected chi connectivity index (χ1v) is 22.6. The second kappa shape index (κ2) is 12.3. The number of rotatable bonds is 2. The molecule has 3 aliphatic carbocycles. The summed E-state index contributed by atoms with van der Waals surface area (Å²) in [5.41, 5.74) is 21.6. The second-order valence-electron chi connectivity index (χ2n) is 23.0. The van der Waals surface area contributed by atoms with Gasteiger partial charge in [-0.2, -0.15) is 0 Å². The monoisotopic (exact) mass is 781 g/mol. The first kappa shape index (κ1) is 38.7. The van der Waals surface area contributed by atoms with E-state index in [1.165, 1.54) is 109 Å². The first-order chi connectivity index (χ1) is 27.6. The predicted molar refractivity (Wildman–Crippen MR) is 254 cm³/mol. The van der Waals surface area contributed by atoms with E-state index in [0.717, 1.165) is 11.2 Å². The van der Waals surface area contributed by atoms with E-state index in [9.17, 15) is 0 Å². The molecule has 0 bridgehead atoms. The summed E-state index contributed by atoms with van der Waals surface area (Å²) in [6.07, 6.45) is 12.2. The third-order valence-corrected chi connectivity index (χ3v) is 15.7. The fraction of sp³-hybridized carbons (Fsp3) is 0.455. The van der Waals surface area contributed by atoms with Gasteiger partial charge < -0.3 is 14.2 Å². The lowest BCUT2D eigenvalue weighted by Crippen LogP contribution is -2.63. The zero-order valence-corrected chi connectivity index (χ0v) is 38.4. The van der Waals surface area contributed by atoms with Gasteiger partial charge in [-0.15, -0.1) is 0 Å². The summed E-state index contributed by atoms with van der Waals surface area (Å²) in [6, 6.07) is 24.6. The van der Waals surface area contributed by atoms with Crippen LogP contribution in [0.1, 0.15) is 142 Å². The van der Waals surface area contributed by atoms with Crippen molar-refractivity contribution in [2.75, 3.05) is 9.80 Å². The molecule has 5 aliphatic rings. The van der Waals surface area contributed by atoms with Crippen molar-refractivity contribution in [3.05, 3.63) is 118 Å². The average molecular weight is 781 g/mol. The quantitative estimate of drug-likeness (QED) is 0.163. The van der Waals surface area contributed by atoms with Crippen molar-refractivity contribution in [2.24, 2.45) is 11.3 Å². The van der Waals surface area contributed by atoms with Crippen LogP contribution in [0.4, 0.5) is 28.4 Å². The molecule has 0 radical (unpaired) electrons. The third-order valence-electron chi connectivity index (χ3n) is 15.7. The molecule has 4 aromatic carbocycles. The highest BCUT2D eigenvalue weighted by Crippen LogP contribution is 2.53. The Kier molecular flexibility index (Phi) is 8.10. The van der Waals surface area contributed by atoms with Gasteiger partial charge in [-0.1, -0.05) is 125 Å². The smallest absolute Gasteiger partial charge is 0.297 e. The number of hydrogen-bond acceptors (Lipinski definition) is 3. The SMILES string of the molecule is Cc1cc2c3c(c1)N(C1C=CC(C(C)(C)C)=CC1C)c1c(oc4ccc(C)cc14)B3c1cc3c(cc1N2c1ccc2c(c1)C(C)(C)CCC2(C)C)C(C)(C)CCC3(C)C. The maximum Gasteiger partial charge on any atom is 0.297 e. The van der Waals surface area contributed by atoms with Gasteiger partial charge in [0, 0.05) is 28.1 Å². The molecule has 3 nitrogen and oxygen atoms in total. The first-order valence-electron chi connectivity index (χ1n) is 22.6. The van der Waals surface area contributed by atoms with Crippen LogP contribution in [0.15, 0.2) is 88.9 Å². The number of furan rings is 1. The molecule has 1 aromatic heterocycles. The molecule has 3 heterocycles. The molecule has 304 valence electrons. The van der Waals surface area contributed by atoms with Crippen LogP contribution in [0.25, 0.3) is 11.0 Å². The number of fused-ring (bicyclic) bond motifs is 8. The van der Waals surface area contributed by atoms with E-state index in [0.29, 0.717) is 0 Å². The summed E-state index contributed by atoms with van der Waals surface area (Å²) in [4.78, 5) is 5.36. The minimum Gasteiger partial charge on any atom is -0.468 e. The molecule has 0 amide bonds. The number of hydrogen-bond donors (Lipinski definition) is 0. The van der Waals surface area contributed by atoms with Gasteiger partial charge in [0.25, 0.3) is 6.71 Å². The van der Waals surface area contributed by atoms with Gasteiger partial charge >= 0.3 is 0 Å². The van der Waals surface area contributed by atoms with E-state index in [4.69, 9.17) is 4.42 Å². The van der Waals surface area contributed by atoms with E-state index in [1.54, 1.807) is 0 Å². The second-order valence-corrected chi connectivity index (χ2v) is 23.0. The molecule has 5 aromatic rings. The van der Waals surface area contributed by atoms with Crippen molar-refractivity contribution in [1.29, 1.82) is 0 Å². The van der Waals surface area contributed by atoms with Crippen molar-refractivity contribution in [2.45, 2.75) is 150 Å². The summed E-state index contributed by atoms with van der Waals surface area (Å²) >= 11 is 0. The third kappa shape index (κ3) is 5.66. The lowest BCUT2D eigenvalue weighted by atomic mass is 9.35. The van der Waals surface area contributed by atoms with E-state index in [1.807, 2.05) is 0 Å². The van der Waals surface area contributed by atoms with Gasteiger partial charge in [0.2, 0.25) is 0 Å². The zero-order valence-electron chi connectivity index (χ0n) is 38.4. The Morgan fingerprint density at radius 2 is 1.27 bits per heavy atom. The van der Waals surface area contributed by atoms with Crippen LogP contribution in [-0.4, -0.2) is 12.8 Å². The van der Waals surface area contributed by atoms with Gasteiger partial charge in [-0.3, -0.25) is 0 Å². The molecule has 0 N–H and O–H groups in total. The number of benzene rings is 4. The van der Waals surface area contributed by atoms with Gasteiger partial charge in [-0.25, -0.2) is 0 Å². The topological polar surface area (TPSA) is 19.6 Å². The Hall–Kier alpha value is -4.44. The summed E-state index contributed by atoms with van der Waals surface area (Å²) in [6.45, 7) is 33.6. The summed E-state index contributed by atoms with van der Waals surface area (Å²) < 4.78 is 7.32. The van der Waals surface area contributed by atoms with Gasteiger partial charge in [-0.05, 0) is 159 Å². The van der Waals surface area contributed by atoms with Gasteiger partial charge in [0.15, 0.2) is 0 Å². The molecule has 0 fully saturated rings. The minimum atomic E-state index is -0.0477. The summed E-state index contributed by atoms with van der Waals surface area (Å²) in [7, 11) is 0. The predicted octanol–water partition coefficient (Wildman–Crippen LogP) is 13.0. The van der Waals surface area contributed by atoms with Crippen molar-refractivity contribution < 1.29 is 4.42 Å². The lowest BCUT2D eigenvalue weighted by Gasteiger charge is -2.48. The molecule has 0 saturated carbocycles. The van der Waals surface area contributed by atoms with Gasteiger partial charge in [0.1, 0.15) is 5.58 Å². The van der Waals surface area contributed by atoms with Crippen LogP contribution >= 0.6 is 0 Å². The molecule has 59 heavy (non-hydrogen) atoms. The number of allylic oxidation sites excluding steroid dienone is 2. The maximum absolute atomic E-state index is 7.32. The van der Waals surface area contributed by atoms with Crippen molar-refractivity contribution in [1.82, 2.24) is 0 Å². The molecule has 0 spiro atoms. The fourth-order valence-electron chi connectivity index (χ4n) is 11.8. The molecular weight excluding hydrogens is 715 g/mol. The summed E-state index contributed by atoms with van der Waals surface area (Å²) in [5, 5.41) is 1.21. The Morgan fingerprint density at radius 1 is 0.661 bits per heavy atom. The van der Waals surface area contributed by atoms with Crippen molar-refractivity contribution >= 4 is 62.7 Å². The maximum atomic E-state index is 7.32. The van der Waals surface area contributed by atoms with E-state index in [2.05, 4.69) is 186 Å². The van der Waals surface area contributed by atoms with Crippen LogP contribution in [0.2, 0.25) is 0 Å². The largest absolute Gasteiger partial charge is 0.468 e. The van der Waals surface area contributed by atoms with Gasteiger partial charge in [0.05, 0.1) is 17.4 Å². The molecular formula is C55H65BN2O. The average Bonchev–Trinajstić information content (AvgIpc) is 3.52. The molecule has 2 unspecified atom stereocenters. The molecule has 0 saturated heterocycles. The van der Waals surface area contributed by atoms with Crippen LogP contribution < -0.4 is 26.4 Å². The number of nitrogens with zero attached hydrogens (tertiary/aromatic N) is 2. The Balaban J connectivity index is 1.31. The molecule has 2 aliphatic heterocycles. The highest BCUT2D eigenvalue weighted by atomic mass is 16.3. The number of anilines is 5. The standard InChI is InChI=1S/C55H65BN2O/c1-32-15-20-47-37(25-32)49-50(59-47)56-42-30-40-41(55(13,14)24-23-54(40,11)12)31-44(42)57(36-17-18-38-39(29-36)53(9,10)22-21-52(38,7)8)45-26-33(2)27-46(48(45)56)58(49)43-19-16-35(28-34(43)3)51(4,5)6/h15-20,25-31,34,43H,21-24H2,1-14H3. The van der Waals surface area contributed by atoms with E-state index in [-0.39, 0.29) is 45.7 Å². The van der Waals surface area contributed by atoms with E-state index >= 15 is 0 Å². The van der Waals surface area contributed by atoms with Crippen molar-refractivity contribution in [3.8, 4) is 0 Å². The highest BCUT2D eigenvalue weighted by molar-refractivity contribution is 6.99. The number of aryl methyl sites for hydroxylation is 2. The highest BCUT2D eigenvalue weighted by Gasteiger charge is 2.50. The van der Waals surface area contributed by atoms with Crippen LogP contribution in [0.5, 0.6) is 0 Å². The minimum absolute atomic E-state index is 0.0477. The Bertz CT molecular complexity index is 2670. The normalized spacial score (nSPS) is 22.9. The van der Waals surface area contributed by atoms with Crippen LogP contribution in [-0.2, 0) is 21.7 Å². The Labute approximate surface area is 355 Å². The van der Waals surface area contributed by atoms with Crippen LogP contribution in [0, 0.1) is 25.2 Å². The van der Waals surface area contributed by atoms with E-state index < -0.39 is 0 Å². The fourth-order valence-corrected chi connectivity index (χ4v) is 11.8.